The fraction of sp³-hybridized carbons (Fsp3) is 0.375. The number of carbonyl (C=O) groups is 2. The number of aryl methyl sites for hydroxylation is 1. The second kappa shape index (κ2) is 6.60. The molecule has 2 aromatic rings. The normalized spacial score (nSPS) is 13.5. The Kier molecular flexibility index (Phi) is 4.36. The van der Waals surface area contributed by atoms with Gasteiger partial charge in [-0.2, -0.15) is 0 Å². The van der Waals surface area contributed by atoms with Gasteiger partial charge < -0.3 is 10.2 Å². The van der Waals surface area contributed by atoms with Gasteiger partial charge in [-0.05, 0) is 24.5 Å². The molecule has 0 spiro atoms. The van der Waals surface area contributed by atoms with Gasteiger partial charge in [-0.25, -0.2) is 4.68 Å². The SMILES string of the molecule is CCC(=O)Nc1cn(CC(=O)N2CCCc3ccccc32)nn1. The summed E-state index contributed by atoms with van der Waals surface area (Å²) in [6.45, 7) is 2.57. The lowest BCUT2D eigenvalue weighted by molar-refractivity contribution is -0.119. The Morgan fingerprint density at radius 3 is 2.96 bits per heavy atom. The van der Waals surface area contributed by atoms with E-state index in [4.69, 9.17) is 0 Å². The number of fused-ring (bicyclic) bond motifs is 1. The van der Waals surface area contributed by atoms with Crippen LogP contribution in [-0.2, 0) is 22.6 Å². The smallest absolute Gasteiger partial charge is 0.248 e. The summed E-state index contributed by atoms with van der Waals surface area (Å²) in [5.41, 5.74) is 2.17. The van der Waals surface area contributed by atoms with E-state index in [9.17, 15) is 9.59 Å². The molecular weight excluding hydrogens is 294 g/mol. The van der Waals surface area contributed by atoms with Crippen molar-refractivity contribution in [1.29, 1.82) is 0 Å². The number of amides is 2. The van der Waals surface area contributed by atoms with Crippen molar-refractivity contribution in [3.63, 3.8) is 0 Å². The minimum absolute atomic E-state index is 0.0320. The minimum atomic E-state index is -0.131. The van der Waals surface area contributed by atoms with Gasteiger partial charge in [0.25, 0.3) is 0 Å². The summed E-state index contributed by atoms with van der Waals surface area (Å²) < 4.78 is 1.45. The molecule has 2 heterocycles. The van der Waals surface area contributed by atoms with Crippen molar-refractivity contribution >= 4 is 23.3 Å². The van der Waals surface area contributed by atoms with Gasteiger partial charge in [0.2, 0.25) is 11.8 Å². The number of rotatable bonds is 4. The van der Waals surface area contributed by atoms with Gasteiger partial charge in [-0.3, -0.25) is 9.59 Å². The van der Waals surface area contributed by atoms with Crippen LogP contribution in [0.3, 0.4) is 0 Å². The van der Waals surface area contributed by atoms with Crippen molar-refractivity contribution in [3.05, 3.63) is 36.0 Å². The molecule has 120 valence electrons. The number of para-hydroxylation sites is 1. The summed E-state index contributed by atoms with van der Waals surface area (Å²) >= 11 is 0. The van der Waals surface area contributed by atoms with Crippen LogP contribution in [0.4, 0.5) is 11.5 Å². The van der Waals surface area contributed by atoms with Crippen LogP contribution in [0, 0.1) is 0 Å². The monoisotopic (exact) mass is 313 g/mol. The number of nitrogens with zero attached hydrogens (tertiary/aromatic N) is 4. The summed E-state index contributed by atoms with van der Waals surface area (Å²) in [6, 6.07) is 7.97. The molecule has 0 saturated carbocycles. The number of hydrogen-bond acceptors (Lipinski definition) is 4. The molecule has 0 unspecified atom stereocenters. The quantitative estimate of drug-likeness (QED) is 0.930. The molecule has 0 atom stereocenters. The van der Waals surface area contributed by atoms with Crippen LogP contribution in [0.2, 0.25) is 0 Å². The lowest BCUT2D eigenvalue weighted by Gasteiger charge is -2.29. The summed E-state index contributed by atoms with van der Waals surface area (Å²) in [4.78, 5) is 25.7. The summed E-state index contributed by atoms with van der Waals surface area (Å²) in [6.07, 6.45) is 3.89. The van der Waals surface area contributed by atoms with Crippen molar-refractivity contribution in [2.75, 3.05) is 16.8 Å². The standard InChI is InChI=1S/C16H19N5O2/c1-2-15(22)17-14-10-20(19-18-14)11-16(23)21-9-5-7-12-6-3-4-8-13(12)21/h3-4,6,8,10H,2,5,7,9,11H2,1H3,(H,17,22). The van der Waals surface area contributed by atoms with E-state index >= 15 is 0 Å². The first kappa shape index (κ1) is 15.2. The van der Waals surface area contributed by atoms with E-state index in [1.54, 1.807) is 18.0 Å². The molecule has 2 amide bonds. The Labute approximate surface area is 134 Å². The fourth-order valence-corrected chi connectivity index (χ4v) is 2.68. The van der Waals surface area contributed by atoms with Gasteiger partial charge in [0.1, 0.15) is 6.54 Å². The first-order chi connectivity index (χ1) is 11.2. The highest BCUT2D eigenvalue weighted by Crippen LogP contribution is 2.26. The maximum Gasteiger partial charge on any atom is 0.248 e. The highest BCUT2D eigenvalue weighted by atomic mass is 16.2. The Balaban J connectivity index is 1.69. The number of hydrogen-bond donors (Lipinski definition) is 1. The average Bonchev–Trinajstić information content (AvgIpc) is 3.01. The molecule has 0 bridgehead atoms. The Hall–Kier alpha value is -2.70. The highest BCUT2D eigenvalue weighted by molar-refractivity contribution is 5.94. The number of carbonyl (C=O) groups excluding carboxylic acids is 2. The van der Waals surface area contributed by atoms with Crippen LogP contribution in [0.25, 0.3) is 0 Å². The number of nitrogens with one attached hydrogen (secondary N) is 1. The van der Waals surface area contributed by atoms with Crippen molar-refractivity contribution in [2.45, 2.75) is 32.7 Å². The van der Waals surface area contributed by atoms with Crippen molar-refractivity contribution in [2.24, 2.45) is 0 Å². The van der Waals surface area contributed by atoms with Crippen LogP contribution >= 0.6 is 0 Å². The molecule has 1 aromatic carbocycles. The maximum absolute atomic E-state index is 12.6. The van der Waals surface area contributed by atoms with Gasteiger partial charge in [-0.1, -0.05) is 30.3 Å². The Morgan fingerprint density at radius 1 is 1.30 bits per heavy atom. The van der Waals surface area contributed by atoms with E-state index in [0.29, 0.717) is 18.8 Å². The number of benzene rings is 1. The zero-order chi connectivity index (χ0) is 16.2. The highest BCUT2D eigenvalue weighted by Gasteiger charge is 2.22. The molecule has 1 aromatic heterocycles. The summed E-state index contributed by atoms with van der Waals surface area (Å²) in [5.74, 6) is 0.201. The van der Waals surface area contributed by atoms with E-state index < -0.39 is 0 Å². The maximum atomic E-state index is 12.6. The fourth-order valence-electron chi connectivity index (χ4n) is 2.68. The lowest BCUT2D eigenvalue weighted by atomic mass is 10.0. The predicted octanol–water partition coefficient (Wildman–Crippen LogP) is 1.61. The molecule has 1 aliphatic rings. The zero-order valence-corrected chi connectivity index (χ0v) is 13.0. The van der Waals surface area contributed by atoms with Crippen molar-refractivity contribution in [3.8, 4) is 0 Å². The molecule has 1 aliphatic heterocycles. The van der Waals surface area contributed by atoms with Crippen LogP contribution in [0.5, 0.6) is 0 Å². The van der Waals surface area contributed by atoms with E-state index in [-0.39, 0.29) is 18.4 Å². The Morgan fingerprint density at radius 2 is 2.13 bits per heavy atom. The second-order valence-corrected chi connectivity index (χ2v) is 5.48. The topological polar surface area (TPSA) is 80.1 Å². The van der Waals surface area contributed by atoms with Crippen LogP contribution in [-0.4, -0.2) is 33.4 Å². The lowest BCUT2D eigenvalue weighted by Crippen LogP contribution is -2.37. The Bertz CT molecular complexity index is 725. The number of anilines is 2. The molecule has 0 aliphatic carbocycles. The van der Waals surface area contributed by atoms with Crippen molar-refractivity contribution < 1.29 is 9.59 Å². The number of aromatic nitrogens is 3. The summed E-state index contributed by atoms with van der Waals surface area (Å²) in [5, 5.41) is 10.4. The van der Waals surface area contributed by atoms with Gasteiger partial charge in [0.15, 0.2) is 5.82 Å². The van der Waals surface area contributed by atoms with Crippen LogP contribution < -0.4 is 10.2 Å². The van der Waals surface area contributed by atoms with Gasteiger partial charge >= 0.3 is 0 Å². The third kappa shape index (κ3) is 3.39. The van der Waals surface area contributed by atoms with Gasteiger partial charge in [0.05, 0.1) is 6.20 Å². The minimum Gasteiger partial charge on any atom is -0.311 e. The van der Waals surface area contributed by atoms with Gasteiger partial charge in [-0.15, -0.1) is 5.10 Å². The predicted molar refractivity (Wildman–Crippen MR) is 86.1 cm³/mol. The van der Waals surface area contributed by atoms with Gasteiger partial charge in [0, 0.05) is 18.7 Å². The molecule has 3 rings (SSSR count). The molecule has 0 radical (unpaired) electrons. The molecular formula is C16H19N5O2. The van der Waals surface area contributed by atoms with E-state index in [0.717, 1.165) is 18.5 Å². The molecule has 7 heteroatoms. The van der Waals surface area contributed by atoms with E-state index in [1.165, 1.54) is 10.2 Å². The largest absolute Gasteiger partial charge is 0.311 e. The summed E-state index contributed by atoms with van der Waals surface area (Å²) in [7, 11) is 0. The molecule has 0 saturated heterocycles. The van der Waals surface area contributed by atoms with Crippen molar-refractivity contribution in [1.82, 2.24) is 15.0 Å². The molecule has 0 fully saturated rings. The van der Waals surface area contributed by atoms with E-state index in [1.807, 2.05) is 18.2 Å². The first-order valence-electron chi connectivity index (χ1n) is 7.75. The first-order valence-corrected chi connectivity index (χ1v) is 7.75. The molecule has 23 heavy (non-hydrogen) atoms. The van der Waals surface area contributed by atoms with Crippen LogP contribution in [0.15, 0.2) is 30.5 Å². The van der Waals surface area contributed by atoms with Crippen LogP contribution in [0.1, 0.15) is 25.3 Å². The van der Waals surface area contributed by atoms with E-state index in [2.05, 4.69) is 21.7 Å². The average molecular weight is 313 g/mol. The zero-order valence-electron chi connectivity index (χ0n) is 13.0. The molecule has 7 nitrogen and oxygen atoms in total. The second-order valence-electron chi connectivity index (χ2n) is 5.48. The molecule has 1 N–H and O–H groups in total. The third-order valence-corrected chi connectivity index (χ3v) is 3.84. The third-order valence-electron chi connectivity index (χ3n) is 3.84.